The first kappa shape index (κ1) is 28.6. The lowest BCUT2D eigenvalue weighted by Crippen LogP contribution is -2.23. The Morgan fingerprint density at radius 3 is 2.03 bits per heavy atom. The molecular weight excluding hydrogens is 464 g/mol. The van der Waals surface area contributed by atoms with Crippen LogP contribution in [0.25, 0.3) is 0 Å². The first-order valence-corrected chi connectivity index (χ1v) is 14.0. The molecule has 190 valence electrons. The van der Waals surface area contributed by atoms with Crippen molar-refractivity contribution >= 4 is 27.2 Å². The highest BCUT2D eigenvalue weighted by Crippen LogP contribution is 2.20. The summed E-state index contributed by atoms with van der Waals surface area (Å²) in [6.45, 7) is 2.34. The second-order valence-electron chi connectivity index (χ2n) is 8.90. The summed E-state index contributed by atoms with van der Waals surface area (Å²) in [5.41, 5.74) is 1.78. The van der Waals surface area contributed by atoms with E-state index < -0.39 is 21.5 Å². The van der Waals surface area contributed by atoms with Crippen LogP contribution in [0, 0.1) is 0 Å². The van der Waals surface area contributed by atoms with Crippen molar-refractivity contribution in [2.45, 2.75) is 57.8 Å². The van der Waals surface area contributed by atoms with E-state index in [-0.39, 0.29) is 23.1 Å². The Balaban J connectivity index is 1.76. The number of methoxy groups -OCH3 is 1. The zero-order chi connectivity index (χ0) is 25.7. The number of ether oxygens (including phenoxy) is 1. The van der Waals surface area contributed by atoms with Crippen molar-refractivity contribution in [3.63, 3.8) is 0 Å². The summed E-state index contributed by atoms with van der Waals surface area (Å²) in [5, 5.41) is 0. The van der Waals surface area contributed by atoms with E-state index in [0.717, 1.165) is 12.8 Å². The normalized spacial score (nSPS) is 12.3. The van der Waals surface area contributed by atoms with Crippen LogP contribution in [0.4, 0.5) is 0 Å². The molecule has 7 heteroatoms. The summed E-state index contributed by atoms with van der Waals surface area (Å²) < 4.78 is 29.8. The average molecular weight is 501 g/mol. The second kappa shape index (κ2) is 14.7. The van der Waals surface area contributed by atoms with E-state index in [2.05, 4.69) is 0 Å². The third-order valence-corrected chi connectivity index (χ3v) is 7.65. The van der Waals surface area contributed by atoms with E-state index >= 15 is 0 Å². The Kier molecular flexibility index (Phi) is 12.0. The van der Waals surface area contributed by atoms with Gasteiger partial charge in [-0.2, -0.15) is 0 Å². The molecule has 0 aliphatic rings. The summed E-state index contributed by atoms with van der Waals surface area (Å²) in [7, 11) is -1.88. The predicted octanol–water partition coefficient (Wildman–Crippen LogP) is 4.95. The first-order chi connectivity index (χ1) is 16.7. The van der Waals surface area contributed by atoms with Crippen LogP contribution in [0.15, 0.2) is 54.6 Å². The molecule has 0 saturated carbocycles. The van der Waals surface area contributed by atoms with Gasteiger partial charge >= 0.3 is 0 Å². The molecule has 6 nitrogen and oxygen atoms in total. The number of Topliss-reactive ketones (excluding diaryl/α,β-unsaturated/α-hetero) is 2. The minimum atomic E-state index is -3.52. The summed E-state index contributed by atoms with van der Waals surface area (Å²) in [6.07, 6.45) is 4.43. The maximum absolute atomic E-state index is 12.6. The van der Waals surface area contributed by atoms with Gasteiger partial charge in [0, 0.05) is 43.6 Å². The quantitative estimate of drug-likeness (QED) is 0.225. The maximum atomic E-state index is 12.6. The monoisotopic (exact) mass is 500 g/mol. The van der Waals surface area contributed by atoms with Gasteiger partial charge in [-0.15, -0.1) is 0 Å². The predicted molar refractivity (Wildman–Crippen MR) is 138 cm³/mol. The molecule has 0 spiro atoms. The highest BCUT2D eigenvalue weighted by molar-refractivity contribution is 7.92. The van der Waals surface area contributed by atoms with Gasteiger partial charge < -0.3 is 4.74 Å². The van der Waals surface area contributed by atoms with Crippen LogP contribution in [-0.4, -0.2) is 51.0 Å². The third-order valence-electron chi connectivity index (χ3n) is 6.02. The van der Waals surface area contributed by atoms with Crippen LogP contribution in [0.5, 0.6) is 0 Å². The van der Waals surface area contributed by atoms with E-state index in [1.807, 2.05) is 6.07 Å². The number of benzene rings is 2. The number of unbranched alkanes of at least 4 members (excludes halogenated alkanes) is 3. The average Bonchev–Trinajstić information content (AvgIpc) is 2.85. The lowest BCUT2D eigenvalue weighted by Gasteiger charge is -2.12. The van der Waals surface area contributed by atoms with E-state index in [1.165, 1.54) is 0 Å². The molecule has 2 aromatic rings. The molecule has 0 saturated heterocycles. The van der Waals surface area contributed by atoms with Gasteiger partial charge in [-0.05, 0) is 31.2 Å². The molecule has 1 atom stereocenters. The van der Waals surface area contributed by atoms with Crippen molar-refractivity contribution in [2.75, 3.05) is 25.2 Å². The summed E-state index contributed by atoms with van der Waals surface area (Å²) in [5.74, 6) is -1.41. The largest absolute Gasteiger partial charge is 0.385 e. The number of carbonyl (C=O) groups excluding carboxylic acids is 3. The zero-order valence-electron chi connectivity index (χ0n) is 20.7. The number of rotatable bonds is 17. The molecule has 0 N–H and O–H groups in total. The third kappa shape index (κ3) is 10.2. The molecule has 2 aromatic carbocycles. The smallest absolute Gasteiger partial charge is 0.193 e. The van der Waals surface area contributed by atoms with Crippen molar-refractivity contribution in [3.05, 3.63) is 71.3 Å². The Bertz CT molecular complexity index is 1060. The molecule has 0 heterocycles. The number of hydrogen-bond acceptors (Lipinski definition) is 6. The van der Waals surface area contributed by atoms with E-state index in [4.69, 9.17) is 4.74 Å². The SMILES string of the molecule is COCCCCC(=O)CCCCCS(=O)(=O)CC(=O)C(C)c1ccc(C(=O)c2ccccc2)cc1. The van der Waals surface area contributed by atoms with Gasteiger partial charge in [0.25, 0.3) is 0 Å². The minimum Gasteiger partial charge on any atom is -0.385 e. The molecular formula is C28H36O6S. The highest BCUT2D eigenvalue weighted by atomic mass is 32.2. The fourth-order valence-electron chi connectivity index (χ4n) is 3.79. The Morgan fingerprint density at radius 2 is 1.40 bits per heavy atom. The molecule has 0 aliphatic carbocycles. The Morgan fingerprint density at radius 1 is 0.800 bits per heavy atom. The molecule has 0 aromatic heterocycles. The molecule has 0 bridgehead atoms. The van der Waals surface area contributed by atoms with Gasteiger partial charge in [-0.3, -0.25) is 14.4 Å². The molecule has 0 fully saturated rings. The number of carbonyl (C=O) groups is 3. The molecule has 0 amide bonds. The van der Waals surface area contributed by atoms with Crippen LogP contribution in [0.2, 0.25) is 0 Å². The van der Waals surface area contributed by atoms with Crippen molar-refractivity contribution in [3.8, 4) is 0 Å². The number of hydrogen-bond donors (Lipinski definition) is 0. The van der Waals surface area contributed by atoms with Gasteiger partial charge in [0.1, 0.15) is 11.5 Å². The molecule has 0 radical (unpaired) electrons. The van der Waals surface area contributed by atoms with Crippen molar-refractivity contribution < 1.29 is 27.5 Å². The zero-order valence-corrected chi connectivity index (χ0v) is 21.5. The van der Waals surface area contributed by atoms with E-state index in [1.54, 1.807) is 62.6 Å². The second-order valence-corrected chi connectivity index (χ2v) is 11.1. The van der Waals surface area contributed by atoms with Crippen LogP contribution in [0.1, 0.15) is 79.3 Å². The Labute approximate surface area is 209 Å². The summed E-state index contributed by atoms with van der Waals surface area (Å²) >= 11 is 0. The standard InChI is InChI=1S/C28H36O6S/c1-22(23-15-17-25(18-16-23)28(31)24-11-5-3-6-12-24)27(30)21-35(32,33)20-10-4-7-13-26(29)14-8-9-19-34-2/h3,5-6,11-12,15-18,22H,4,7-10,13-14,19-21H2,1-2H3. The Hall–Kier alpha value is -2.64. The highest BCUT2D eigenvalue weighted by Gasteiger charge is 2.23. The van der Waals surface area contributed by atoms with Gasteiger partial charge in [0.05, 0.1) is 5.75 Å². The molecule has 2 rings (SSSR count). The topological polar surface area (TPSA) is 94.6 Å². The molecule has 1 unspecified atom stereocenters. The fourth-order valence-corrected chi connectivity index (χ4v) is 5.27. The van der Waals surface area contributed by atoms with E-state index in [9.17, 15) is 22.8 Å². The summed E-state index contributed by atoms with van der Waals surface area (Å²) in [6, 6.07) is 15.7. The lowest BCUT2D eigenvalue weighted by atomic mass is 9.95. The van der Waals surface area contributed by atoms with Gasteiger partial charge in [0.15, 0.2) is 21.4 Å². The number of sulfone groups is 1. The summed E-state index contributed by atoms with van der Waals surface area (Å²) in [4.78, 5) is 37.0. The van der Waals surface area contributed by atoms with Crippen molar-refractivity contribution in [2.24, 2.45) is 0 Å². The van der Waals surface area contributed by atoms with Gasteiger partial charge in [-0.1, -0.05) is 67.9 Å². The van der Waals surface area contributed by atoms with Crippen LogP contribution >= 0.6 is 0 Å². The van der Waals surface area contributed by atoms with Gasteiger partial charge in [-0.25, -0.2) is 8.42 Å². The van der Waals surface area contributed by atoms with Crippen LogP contribution < -0.4 is 0 Å². The van der Waals surface area contributed by atoms with Gasteiger partial charge in [0.2, 0.25) is 0 Å². The lowest BCUT2D eigenvalue weighted by molar-refractivity contribution is -0.119. The molecule has 35 heavy (non-hydrogen) atoms. The number of ketones is 3. The fraction of sp³-hybridized carbons (Fsp3) is 0.464. The maximum Gasteiger partial charge on any atom is 0.193 e. The molecule has 0 aliphatic heterocycles. The first-order valence-electron chi connectivity index (χ1n) is 12.2. The van der Waals surface area contributed by atoms with Crippen molar-refractivity contribution in [1.29, 1.82) is 0 Å². The van der Waals surface area contributed by atoms with Crippen molar-refractivity contribution in [1.82, 2.24) is 0 Å². The minimum absolute atomic E-state index is 0.0575. The van der Waals surface area contributed by atoms with Crippen LogP contribution in [0.3, 0.4) is 0 Å². The van der Waals surface area contributed by atoms with E-state index in [0.29, 0.717) is 55.4 Å². The van der Waals surface area contributed by atoms with Crippen LogP contribution in [-0.2, 0) is 24.2 Å².